The van der Waals surface area contributed by atoms with E-state index in [0.29, 0.717) is 37.8 Å². The molecule has 0 bridgehead atoms. The van der Waals surface area contributed by atoms with Crippen LogP contribution in [0.25, 0.3) is 0 Å². The van der Waals surface area contributed by atoms with Crippen molar-refractivity contribution in [3.8, 4) is 0 Å². The predicted octanol–water partition coefficient (Wildman–Crippen LogP) is 2.05. The molecule has 0 radical (unpaired) electrons. The van der Waals surface area contributed by atoms with Crippen LogP contribution in [-0.2, 0) is 14.9 Å². The molecule has 1 saturated carbocycles. The number of likely N-dealkylation sites (N-methyl/N-ethyl adjacent to an activating group) is 1. The summed E-state index contributed by atoms with van der Waals surface area (Å²) in [5.74, 6) is -0.711. The topological polar surface area (TPSA) is 66.0 Å². The number of hydrogen-bond acceptors (Lipinski definition) is 3. The third-order valence-corrected chi connectivity index (χ3v) is 4.78. The molecule has 0 saturated heterocycles. The number of halogens is 2. The van der Waals surface area contributed by atoms with E-state index in [-0.39, 0.29) is 17.9 Å². The van der Waals surface area contributed by atoms with E-state index in [4.69, 9.17) is 4.74 Å². The maximum absolute atomic E-state index is 14.2. The van der Waals surface area contributed by atoms with Crippen molar-refractivity contribution in [3.05, 3.63) is 35.4 Å². The lowest BCUT2D eigenvalue weighted by Crippen LogP contribution is -2.42. The van der Waals surface area contributed by atoms with Gasteiger partial charge in [0.25, 0.3) is 0 Å². The minimum Gasteiger partial charge on any atom is -0.382 e. The second kappa shape index (κ2) is 10.4. The van der Waals surface area contributed by atoms with Gasteiger partial charge >= 0.3 is 0 Å². The molecule has 2 rings (SSSR count). The number of benzene rings is 1. The average molecular weight is 396 g/mol. The Hall–Kier alpha value is -2.22. The molecule has 1 aliphatic carbocycles. The van der Waals surface area contributed by atoms with E-state index in [0.717, 1.165) is 25.3 Å². The Kier molecular flexibility index (Phi) is 8.17. The molecule has 0 heterocycles. The van der Waals surface area contributed by atoms with Gasteiger partial charge in [-0.05, 0) is 37.8 Å². The Labute approximate surface area is 165 Å². The third kappa shape index (κ3) is 6.44. The molecule has 0 aliphatic heterocycles. The highest BCUT2D eigenvalue weighted by molar-refractivity contribution is 5.84. The molecule has 0 atom stereocenters. The van der Waals surface area contributed by atoms with Gasteiger partial charge in [0.15, 0.2) is 5.96 Å². The standard InChI is InChI=1S/C20H30F2N4O2/c1-4-28-11-5-10-23-19(24-13-18(27)26(2)3)25-14-20(8-9-20)16-7-6-15(21)12-17(16)22/h6-7,12H,4-5,8-11,13-14H2,1-3H3,(H2,23,24,25). The smallest absolute Gasteiger partial charge is 0.243 e. The number of nitrogens with one attached hydrogen (secondary N) is 2. The fourth-order valence-corrected chi connectivity index (χ4v) is 2.85. The van der Waals surface area contributed by atoms with Crippen LogP contribution in [0.15, 0.2) is 23.2 Å². The van der Waals surface area contributed by atoms with Crippen molar-refractivity contribution in [2.75, 3.05) is 46.9 Å². The van der Waals surface area contributed by atoms with Crippen LogP contribution in [0.4, 0.5) is 8.78 Å². The lowest BCUT2D eigenvalue weighted by Gasteiger charge is -2.20. The summed E-state index contributed by atoms with van der Waals surface area (Å²) in [4.78, 5) is 17.6. The van der Waals surface area contributed by atoms with Gasteiger partial charge in [0.1, 0.15) is 18.2 Å². The van der Waals surface area contributed by atoms with Crippen molar-refractivity contribution in [2.45, 2.75) is 31.6 Å². The Balaban J connectivity index is 1.98. The number of amides is 1. The average Bonchev–Trinajstić information content (AvgIpc) is 3.43. The minimum absolute atomic E-state index is 0.0195. The number of carbonyl (C=O) groups is 1. The number of aliphatic imine (C=N–C) groups is 1. The molecule has 2 N–H and O–H groups in total. The van der Waals surface area contributed by atoms with Gasteiger partial charge in [-0.15, -0.1) is 0 Å². The number of carbonyl (C=O) groups excluding carboxylic acids is 1. The predicted molar refractivity (Wildman–Crippen MR) is 105 cm³/mol. The molecular weight excluding hydrogens is 366 g/mol. The summed E-state index contributed by atoms with van der Waals surface area (Å²) < 4.78 is 32.7. The zero-order valence-corrected chi connectivity index (χ0v) is 16.9. The van der Waals surface area contributed by atoms with Crippen molar-refractivity contribution in [1.82, 2.24) is 15.5 Å². The molecule has 1 fully saturated rings. The van der Waals surface area contributed by atoms with Gasteiger partial charge in [-0.1, -0.05) is 6.07 Å². The summed E-state index contributed by atoms with van der Waals surface area (Å²) in [6.45, 7) is 4.37. The molecular formula is C20H30F2N4O2. The van der Waals surface area contributed by atoms with E-state index < -0.39 is 11.6 Å². The molecule has 1 aliphatic rings. The largest absolute Gasteiger partial charge is 0.382 e. The molecule has 6 nitrogen and oxygen atoms in total. The van der Waals surface area contributed by atoms with Crippen LogP contribution in [-0.4, -0.2) is 63.7 Å². The molecule has 1 amide bonds. The van der Waals surface area contributed by atoms with Crippen LogP contribution >= 0.6 is 0 Å². The fourth-order valence-electron chi connectivity index (χ4n) is 2.85. The highest BCUT2D eigenvalue weighted by Crippen LogP contribution is 2.48. The van der Waals surface area contributed by atoms with Crippen LogP contribution < -0.4 is 10.6 Å². The Bertz CT molecular complexity index is 691. The first-order valence-corrected chi connectivity index (χ1v) is 9.63. The number of guanidine groups is 1. The van der Waals surface area contributed by atoms with Crippen molar-refractivity contribution >= 4 is 11.9 Å². The van der Waals surface area contributed by atoms with Gasteiger partial charge in [-0.3, -0.25) is 4.79 Å². The Morgan fingerprint density at radius 3 is 2.64 bits per heavy atom. The van der Waals surface area contributed by atoms with Crippen molar-refractivity contribution < 1.29 is 18.3 Å². The molecule has 8 heteroatoms. The summed E-state index contributed by atoms with van der Waals surface area (Å²) in [7, 11) is 3.36. The van der Waals surface area contributed by atoms with E-state index in [9.17, 15) is 13.6 Å². The monoisotopic (exact) mass is 396 g/mol. The second-order valence-corrected chi connectivity index (χ2v) is 7.19. The van der Waals surface area contributed by atoms with E-state index >= 15 is 0 Å². The maximum Gasteiger partial charge on any atom is 0.243 e. The van der Waals surface area contributed by atoms with Crippen molar-refractivity contribution in [1.29, 1.82) is 0 Å². The Morgan fingerprint density at radius 2 is 2.04 bits per heavy atom. The van der Waals surface area contributed by atoms with E-state index in [1.807, 2.05) is 6.92 Å². The fraction of sp³-hybridized carbons (Fsp3) is 0.600. The number of nitrogens with zero attached hydrogens (tertiary/aromatic N) is 2. The Morgan fingerprint density at radius 1 is 1.29 bits per heavy atom. The zero-order valence-electron chi connectivity index (χ0n) is 16.9. The first kappa shape index (κ1) is 22.1. The maximum atomic E-state index is 14.2. The van der Waals surface area contributed by atoms with Crippen LogP contribution in [0.5, 0.6) is 0 Å². The van der Waals surface area contributed by atoms with E-state index in [2.05, 4.69) is 15.6 Å². The number of ether oxygens (including phenoxy) is 1. The van der Waals surface area contributed by atoms with Crippen LogP contribution in [0, 0.1) is 11.6 Å². The van der Waals surface area contributed by atoms with Gasteiger partial charge in [-0.2, -0.15) is 0 Å². The second-order valence-electron chi connectivity index (χ2n) is 7.19. The van der Waals surface area contributed by atoms with Crippen LogP contribution in [0.3, 0.4) is 0 Å². The molecule has 0 unspecified atom stereocenters. The van der Waals surface area contributed by atoms with Crippen LogP contribution in [0.1, 0.15) is 31.7 Å². The van der Waals surface area contributed by atoms with Gasteiger partial charge < -0.3 is 20.3 Å². The first-order valence-electron chi connectivity index (χ1n) is 9.63. The molecule has 156 valence electrons. The lowest BCUT2D eigenvalue weighted by atomic mass is 9.95. The van der Waals surface area contributed by atoms with Crippen molar-refractivity contribution in [2.24, 2.45) is 4.99 Å². The summed E-state index contributed by atoms with van der Waals surface area (Å²) in [6.07, 6.45) is 2.43. The summed E-state index contributed by atoms with van der Waals surface area (Å²) in [5, 5.41) is 6.40. The number of hydrogen-bond donors (Lipinski definition) is 2. The molecule has 28 heavy (non-hydrogen) atoms. The summed E-state index contributed by atoms with van der Waals surface area (Å²) >= 11 is 0. The van der Waals surface area contributed by atoms with Gasteiger partial charge in [-0.25, -0.2) is 13.8 Å². The quantitative estimate of drug-likeness (QED) is 0.361. The summed E-state index contributed by atoms with van der Waals surface area (Å²) in [5.41, 5.74) is 0.151. The highest BCUT2D eigenvalue weighted by atomic mass is 19.1. The molecule has 0 aromatic heterocycles. The van der Waals surface area contributed by atoms with Crippen LogP contribution in [0.2, 0.25) is 0 Å². The van der Waals surface area contributed by atoms with Crippen molar-refractivity contribution in [3.63, 3.8) is 0 Å². The first-order chi connectivity index (χ1) is 13.4. The summed E-state index contributed by atoms with van der Waals surface area (Å²) in [6, 6.07) is 3.72. The minimum atomic E-state index is -0.578. The SMILES string of the molecule is CCOCCCNC(=NCC(=O)N(C)C)NCC1(c2ccc(F)cc2F)CC1. The highest BCUT2D eigenvalue weighted by Gasteiger charge is 2.46. The van der Waals surface area contributed by atoms with E-state index in [1.165, 1.54) is 17.0 Å². The molecule has 1 aromatic rings. The van der Waals surface area contributed by atoms with E-state index in [1.54, 1.807) is 14.1 Å². The van der Waals surface area contributed by atoms with Gasteiger partial charge in [0, 0.05) is 51.9 Å². The normalized spacial score (nSPS) is 15.2. The molecule has 0 spiro atoms. The van der Waals surface area contributed by atoms with Gasteiger partial charge in [0.2, 0.25) is 5.91 Å². The molecule has 1 aromatic carbocycles. The third-order valence-electron chi connectivity index (χ3n) is 4.78. The number of rotatable bonds is 10. The zero-order chi connectivity index (χ0) is 20.6. The van der Waals surface area contributed by atoms with Gasteiger partial charge in [0.05, 0.1) is 0 Å². The lowest BCUT2D eigenvalue weighted by molar-refractivity contribution is -0.127.